The summed E-state index contributed by atoms with van der Waals surface area (Å²) in [5.41, 5.74) is 0.508. The molecule has 0 fully saturated rings. The number of alkyl halides is 3. The van der Waals surface area contributed by atoms with Gasteiger partial charge in [0.25, 0.3) is 0 Å². The number of carbonyl (C=O) groups is 1. The molecular weight excluding hydrogens is 389 g/mol. The average Bonchev–Trinajstić information content (AvgIpc) is 3.31. The van der Waals surface area contributed by atoms with Crippen molar-refractivity contribution in [2.75, 3.05) is 5.32 Å². The van der Waals surface area contributed by atoms with Gasteiger partial charge in [0.1, 0.15) is 6.54 Å². The predicted octanol–water partition coefficient (Wildman–Crippen LogP) is 2.29. The van der Waals surface area contributed by atoms with Crippen molar-refractivity contribution >= 4 is 17.5 Å². The maximum Gasteiger partial charge on any atom is 0.435 e. The number of carbonyl (C=O) groups excluding carboxylic acids is 1. The van der Waals surface area contributed by atoms with Crippen LogP contribution in [0.3, 0.4) is 0 Å². The number of hydrogen-bond donors (Lipinski definition) is 1. The molecule has 0 unspecified atom stereocenters. The van der Waals surface area contributed by atoms with E-state index in [9.17, 15) is 18.0 Å². The highest BCUT2D eigenvalue weighted by molar-refractivity contribution is 5.88. The smallest absolute Gasteiger partial charge is 0.292 e. The van der Waals surface area contributed by atoms with Crippen LogP contribution in [0.15, 0.2) is 36.9 Å². The van der Waals surface area contributed by atoms with Crippen molar-refractivity contribution in [1.82, 2.24) is 34.2 Å². The Morgan fingerprint density at radius 1 is 1.17 bits per heavy atom. The van der Waals surface area contributed by atoms with Crippen LogP contribution in [-0.2, 0) is 24.6 Å². The van der Waals surface area contributed by atoms with Crippen LogP contribution in [0.5, 0.6) is 0 Å². The molecule has 1 N–H and O–H groups in total. The Balaban J connectivity index is 1.59. The molecule has 0 aliphatic rings. The van der Waals surface area contributed by atoms with Gasteiger partial charge in [-0.15, -0.1) is 5.10 Å². The zero-order chi connectivity index (χ0) is 20.8. The zero-order valence-electron chi connectivity index (χ0n) is 15.3. The van der Waals surface area contributed by atoms with E-state index in [0.717, 1.165) is 10.2 Å². The molecule has 150 valence electrons. The Morgan fingerprint density at radius 3 is 2.66 bits per heavy atom. The summed E-state index contributed by atoms with van der Waals surface area (Å²) < 4.78 is 43.5. The van der Waals surface area contributed by atoms with Crippen LogP contribution in [0.1, 0.15) is 11.3 Å². The number of fused-ring (bicyclic) bond motifs is 1. The molecule has 29 heavy (non-hydrogen) atoms. The lowest BCUT2D eigenvalue weighted by Crippen LogP contribution is -2.19. The fraction of sp³-hybridized carbons (Fsp3) is 0.235. The van der Waals surface area contributed by atoms with Crippen molar-refractivity contribution in [3.63, 3.8) is 0 Å². The summed E-state index contributed by atoms with van der Waals surface area (Å²) in [7, 11) is 1.42. The summed E-state index contributed by atoms with van der Waals surface area (Å²) in [5.74, 6) is -0.339. The highest BCUT2D eigenvalue weighted by atomic mass is 19.4. The molecule has 0 aliphatic carbocycles. The summed E-state index contributed by atoms with van der Waals surface area (Å²) in [5, 5.41) is 14.2. The summed E-state index contributed by atoms with van der Waals surface area (Å²) in [6.45, 7) is 1.84. The van der Waals surface area contributed by atoms with Crippen molar-refractivity contribution in [2.45, 2.75) is 19.6 Å². The molecule has 0 saturated heterocycles. The van der Waals surface area contributed by atoms with Crippen LogP contribution < -0.4 is 5.32 Å². The Morgan fingerprint density at radius 2 is 1.97 bits per heavy atom. The summed E-state index contributed by atoms with van der Waals surface area (Å²) in [4.78, 5) is 16.3. The van der Waals surface area contributed by atoms with E-state index < -0.39 is 11.9 Å². The van der Waals surface area contributed by atoms with Crippen molar-refractivity contribution < 1.29 is 18.0 Å². The highest BCUT2D eigenvalue weighted by Crippen LogP contribution is 2.35. The number of nitrogens with zero attached hydrogens (tertiary/aromatic N) is 7. The standard InChI is InChI=1S/C17H15F3N8O/c1-10-5-21-27(6-10)9-14(29)23-16-22-13-4-3-11(7-28(13)25-16)12-8-26(2)24-15(12)17(18,19)20/h3-8H,9H2,1-2H3,(H,23,25,29). The second-order valence-electron chi connectivity index (χ2n) is 6.48. The Hall–Kier alpha value is -3.70. The maximum absolute atomic E-state index is 13.2. The summed E-state index contributed by atoms with van der Waals surface area (Å²) in [6.07, 6.45) is 1.45. The third kappa shape index (κ3) is 3.81. The van der Waals surface area contributed by atoms with Gasteiger partial charge in [-0.05, 0) is 24.6 Å². The van der Waals surface area contributed by atoms with Crippen molar-refractivity contribution in [3.8, 4) is 11.1 Å². The number of amides is 1. The third-order valence-electron chi connectivity index (χ3n) is 4.06. The number of aromatic nitrogens is 7. The van der Waals surface area contributed by atoms with Crippen LogP contribution in [0.2, 0.25) is 0 Å². The Kier molecular flexibility index (Phi) is 4.32. The van der Waals surface area contributed by atoms with Crippen LogP contribution in [0.25, 0.3) is 16.8 Å². The summed E-state index contributed by atoms with van der Waals surface area (Å²) in [6, 6.07) is 3.01. The van der Waals surface area contributed by atoms with E-state index in [1.54, 1.807) is 12.4 Å². The average molecular weight is 404 g/mol. The molecular formula is C17H15F3N8O. The fourth-order valence-electron chi connectivity index (χ4n) is 2.87. The van der Waals surface area contributed by atoms with E-state index >= 15 is 0 Å². The van der Waals surface area contributed by atoms with E-state index in [2.05, 4.69) is 25.6 Å². The molecule has 0 atom stereocenters. The van der Waals surface area contributed by atoms with Crippen LogP contribution in [0, 0.1) is 6.92 Å². The third-order valence-corrected chi connectivity index (χ3v) is 4.06. The quantitative estimate of drug-likeness (QED) is 0.563. The lowest BCUT2D eigenvalue weighted by molar-refractivity contribution is -0.141. The first-order valence-electron chi connectivity index (χ1n) is 8.45. The van der Waals surface area contributed by atoms with Gasteiger partial charge >= 0.3 is 6.18 Å². The normalized spacial score (nSPS) is 11.9. The first kappa shape index (κ1) is 18.7. The van der Waals surface area contributed by atoms with E-state index in [-0.39, 0.29) is 29.5 Å². The second-order valence-corrected chi connectivity index (χ2v) is 6.48. The number of anilines is 1. The van der Waals surface area contributed by atoms with Gasteiger partial charge in [0, 0.05) is 36.8 Å². The first-order chi connectivity index (χ1) is 13.7. The number of hydrogen-bond acceptors (Lipinski definition) is 5. The van der Waals surface area contributed by atoms with Gasteiger partial charge in [-0.2, -0.15) is 28.4 Å². The monoisotopic (exact) mass is 404 g/mol. The van der Waals surface area contributed by atoms with E-state index in [0.29, 0.717) is 5.65 Å². The van der Waals surface area contributed by atoms with Gasteiger partial charge in [-0.3, -0.25) is 19.5 Å². The number of aryl methyl sites for hydroxylation is 2. The lowest BCUT2D eigenvalue weighted by atomic mass is 10.1. The highest BCUT2D eigenvalue weighted by Gasteiger charge is 2.37. The SMILES string of the molecule is Cc1cnn(CC(=O)Nc2nc3ccc(-c4cn(C)nc4C(F)(F)F)cn3n2)c1. The predicted molar refractivity (Wildman–Crippen MR) is 95.8 cm³/mol. The van der Waals surface area contributed by atoms with Gasteiger partial charge in [-0.1, -0.05) is 0 Å². The number of halogens is 3. The van der Waals surface area contributed by atoms with Gasteiger partial charge in [0.15, 0.2) is 11.3 Å². The zero-order valence-corrected chi connectivity index (χ0v) is 15.3. The summed E-state index contributed by atoms with van der Waals surface area (Å²) >= 11 is 0. The molecule has 0 aromatic carbocycles. The molecule has 0 saturated carbocycles. The maximum atomic E-state index is 13.2. The molecule has 0 spiro atoms. The van der Waals surface area contributed by atoms with Crippen LogP contribution in [0.4, 0.5) is 19.1 Å². The van der Waals surface area contributed by atoms with Gasteiger partial charge in [0.05, 0.1) is 6.20 Å². The molecule has 4 aromatic rings. The van der Waals surface area contributed by atoms with Gasteiger partial charge in [0.2, 0.25) is 11.9 Å². The molecule has 4 heterocycles. The van der Waals surface area contributed by atoms with Crippen molar-refractivity contribution in [1.29, 1.82) is 0 Å². The molecule has 0 aliphatic heterocycles. The minimum absolute atomic E-state index is 0.0146. The molecule has 0 bridgehead atoms. The molecule has 9 nitrogen and oxygen atoms in total. The van der Waals surface area contributed by atoms with E-state index in [1.807, 2.05) is 6.92 Å². The van der Waals surface area contributed by atoms with Crippen LogP contribution in [-0.4, -0.2) is 40.1 Å². The second kappa shape index (κ2) is 6.72. The number of rotatable bonds is 4. The topological polar surface area (TPSA) is 94.9 Å². The Labute approximate surface area is 161 Å². The molecule has 4 aromatic heterocycles. The van der Waals surface area contributed by atoms with Crippen LogP contribution >= 0.6 is 0 Å². The molecule has 1 amide bonds. The van der Waals surface area contributed by atoms with Gasteiger partial charge < -0.3 is 0 Å². The van der Waals surface area contributed by atoms with Crippen molar-refractivity contribution in [3.05, 3.63) is 48.2 Å². The Bertz CT molecular complexity index is 1200. The molecule has 4 rings (SSSR count). The molecule has 0 radical (unpaired) electrons. The molecule has 12 heteroatoms. The lowest BCUT2D eigenvalue weighted by Gasteiger charge is -2.06. The minimum Gasteiger partial charge on any atom is -0.292 e. The first-order valence-corrected chi connectivity index (χ1v) is 8.45. The minimum atomic E-state index is -4.59. The van der Waals surface area contributed by atoms with E-state index in [1.165, 1.54) is 40.8 Å². The number of nitrogens with one attached hydrogen (secondary N) is 1. The van der Waals surface area contributed by atoms with E-state index in [4.69, 9.17) is 0 Å². The van der Waals surface area contributed by atoms with Gasteiger partial charge in [-0.25, -0.2) is 4.52 Å². The van der Waals surface area contributed by atoms with Crippen molar-refractivity contribution in [2.24, 2.45) is 7.05 Å². The number of pyridine rings is 1. The fourth-order valence-corrected chi connectivity index (χ4v) is 2.87. The largest absolute Gasteiger partial charge is 0.435 e.